The smallest absolute Gasteiger partial charge is 0.141 e. The summed E-state index contributed by atoms with van der Waals surface area (Å²) in [5, 5.41) is 8.74. The predicted molar refractivity (Wildman–Crippen MR) is 51.4 cm³/mol. The first-order valence-electron chi connectivity index (χ1n) is 3.81. The molecule has 72 valence electrons. The van der Waals surface area contributed by atoms with E-state index >= 15 is 0 Å². The molecule has 0 saturated carbocycles. The van der Waals surface area contributed by atoms with Gasteiger partial charge in [-0.25, -0.2) is 4.39 Å². The van der Waals surface area contributed by atoms with Crippen LogP contribution in [0.4, 0.5) is 4.39 Å². The average Bonchev–Trinajstić information content (AvgIpc) is 2.11. The van der Waals surface area contributed by atoms with Gasteiger partial charge in [-0.15, -0.1) is 0 Å². The summed E-state index contributed by atoms with van der Waals surface area (Å²) in [6, 6.07) is 2.92. The Kier molecular flexibility index (Phi) is 3.69. The Balaban J connectivity index is 3.09. The molecular weight excluding hydrogens is 239 g/mol. The van der Waals surface area contributed by atoms with Gasteiger partial charge in [0.25, 0.3) is 0 Å². The van der Waals surface area contributed by atoms with Crippen molar-refractivity contribution < 1.29 is 14.2 Å². The largest absolute Gasteiger partial charge is 0.496 e. The summed E-state index contributed by atoms with van der Waals surface area (Å²) in [7, 11) is 1.48. The maximum Gasteiger partial charge on any atom is 0.141 e. The summed E-state index contributed by atoms with van der Waals surface area (Å²) >= 11 is 3.07. The lowest BCUT2D eigenvalue weighted by Crippen LogP contribution is -1.97. The number of ether oxygens (including phenoxy) is 1. The number of hydrogen-bond donors (Lipinski definition) is 1. The van der Waals surface area contributed by atoms with Gasteiger partial charge in [0.2, 0.25) is 0 Å². The summed E-state index contributed by atoms with van der Waals surface area (Å²) in [5.74, 6) is 0.105. The standard InChI is InChI=1S/C9H10BrFO2/c1-13-9-5-8(11)7(10)4-6(9)2-3-12/h4-5,12H,2-3H2,1H3. The van der Waals surface area contributed by atoms with Crippen LogP contribution in [0.2, 0.25) is 0 Å². The number of hydrogen-bond acceptors (Lipinski definition) is 2. The Hall–Kier alpha value is -0.610. The minimum atomic E-state index is -0.362. The maximum atomic E-state index is 13.0. The van der Waals surface area contributed by atoms with Crippen LogP contribution < -0.4 is 4.74 Å². The zero-order valence-corrected chi connectivity index (χ0v) is 8.77. The Morgan fingerprint density at radius 3 is 2.77 bits per heavy atom. The summed E-state index contributed by atoms with van der Waals surface area (Å²) in [4.78, 5) is 0. The molecule has 2 nitrogen and oxygen atoms in total. The highest BCUT2D eigenvalue weighted by Crippen LogP contribution is 2.26. The van der Waals surface area contributed by atoms with E-state index in [2.05, 4.69) is 15.9 Å². The molecular formula is C9H10BrFO2. The summed E-state index contributed by atoms with van der Waals surface area (Å²) < 4.78 is 18.3. The molecule has 0 unspecified atom stereocenters. The molecule has 1 rings (SSSR count). The van der Waals surface area contributed by atoms with Gasteiger partial charge in [0.05, 0.1) is 11.6 Å². The lowest BCUT2D eigenvalue weighted by Gasteiger charge is -2.08. The lowest BCUT2D eigenvalue weighted by atomic mass is 10.1. The van der Waals surface area contributed by atoms with E-state index in [1.165, 1.54) is 13.2 Å². The third-order valence-electron chi connectivity index (χ3n) is 1.70. The van der Waals surface area contributed by atoms with E-state index in [0.717, 1.165) is 5.56 Å². The van der Waals surface area contributed by atoms with Gasteiger partial charge in [-0.1, -0.05) is 0 Å². The predicted octanol–water partition coefficient (Wildman–Crippen LogP) is 2.13. The fourth-order valence-corrected chi connectivity index (χ4v) is 1.47. The minimum absolute atomic E-state index is 0.0223. The van der Waals surface area contributed by atoms with Crippen LogP contribution in [0, 0.1) is 5.82 Å². The third-order valence-corrected chi connectivity index (χ3v) is 2.31. The molecule has 0 bridgehead atoms. The van der Waals surface area contributed by atoms with Crippen molar-refractivity contribution in [3.05, 3.63) is 28.0 Å². The molecule has 0 aromatic heterocycles. The Morgan fingerprint density at radius 1 is 1.54 bits per heavy atom. The second-order valence-electron chi connectivity index (χ2n) is 2.55. The fourth-order valence-electron chi connectivity index (χ4n) is 1.08. The highest BCUT2D eigenvalue weighted by atomic mass is 79.9. The van der Waals surface area contributed by atoms with Crippen LogP contribution in [0.3, 0.4) is 0 Å². The monoisotopic (exact) mass is 248 g/mol. The fraction of sp³-hybridized carbons (Fsp3) is 0.333. The van der Waals surface area contributed by atoms with E-state index in [1.807, 2.05) is 0 Å². The third kappa shape index (κ3) is 2.42. The van der Waals surface area contributed by atoms with Crippen molar-refractivity contribution in [2.45, 2.75) is 6.42 Å². The van der Waals surface area contributed by atoms with Gasteiger partial charge in [-0.3, -0.25) is 0 Å². The van der Waals surface area contributed by atoms with E-state index in [0.29, 0.717) is 16.6 Å². The summed E-state index contributed by atoms with van der Waals surface area (Å²) in [5.41, 5.74) is 0.790. The van der Waals surface area contributed by atoms with Crippen LogP contribution in [0.1, 0.15) is 5.56 Å². The molecule has 1 N–H and O–H groups in total. The van der Waals surface area contributed by atoms with E-state index in [4.69, 9.17) is 9.84 Å². The van der Waals surface area contributed by atoms with Crippen LogP contribution in [0.5, 0.6) is 5.75 Å². The van der Waals surface area contributed by atoms with Gasteiger partial charge >= 0.3 is 0 Å². The molecule has 1 aromatic rings. The van der Waals surface area contributed by atoms with Crippen LogP contribution in [0.15, 0.2) is 16.6 Å². The van der Waals surface area contributed by atoms with E-state index in [9.17, 15) is 4.39 Å². The molecule has 0 radical (unpaired) electrons. The van der Waals surface area contributed by atoms with Crippen LogP contribution in [-0.2, 0) is 6.42 Å². The van der Waals surface area contributed by atoms with E-state index < -0.39 is 0 Å². The Morgan fingerprint density at radius 2 is 2.23 bits per heavy atom. The van der Waals surface area contributed by atoms with Crippen molar-refractivity contribution in [3.8, 4) is 5.75 Å². The summed E-state index contributed by atoms with van der Waals surface area (Å²) in [6.07, 6.45) is 0.460. The first kappa shape index (κ1) is 10.5. The van der Waals surface area contributed by atoms with Gasteiger partial charge in [0.15, 0.2) is 0 Å². The van der Waals surface area contributed by atoms with Gasteiger partial charge in [-0.05, 0) is 34.0 Å². The van der Waals surface area contributed by atoms with E-state index in [1.54, 1.807) is 6.07 Å². The molecule has 0 aliphatic carbocycles. The molecule has 0 heterocycles. The van der Waals surface area contributed by atoms with Crippen LogP contribution in [-0.4, -0.2) is 18.8 Å². The highest BCUT2D eigenvalue weighted by Gasteiger charge is 2.07. The molecule has 0 spiro atoms. The molecule has 0 amide bonds. The Bertz CT molecular complexity index is 302. The number of benzene rings is 1. The van der Waals surface area contributed by atoms with Crippen molar-refractivity contribution in [3.63, 3.8) is 0 Å². The SMILES string of the molecule is COc1cc(F)c(Br)cc1CCO. The number of methoxy groups -OCH3 is 1. The van der Waals surface area contributed by atoms with Crippen molar-refractivity contribution in [2.24, 2.45) is 0 Å². The van der Waals surface area contributed by atoms with Gasteiger partial charge in [-0.2, -0.15) is 0 Å². The molecule has 13 heavy (non-hydrogen) atoms. The molecule has 0 aliphatic heterocycles. The van der Waals surface area contributed by atoms with Crippen molar-refractivity contribution in [1.29, 1.82) is 0 Å². The molecule has 4 heteroatoms. The zero-order chi connectivity index (χ0) is 9.84. The van der Waals surface area contributed by atoms with Crippen molar-refractivity contribution in [2.75, 3.05) is 13.7 Å². The maximum absolute atomic E-state index is 13.0. The zero-order valence-electron chi connectivity index (χ0n) is 7.18. The molecule has 0 fully saturated rings. The topological polar surface area (TPSA) is 29.5 Å². The second-order valence-corrected chi connectivity index (χ2v) is 3.41. The molecule has 1 aromatic carbocycles. The molecule has 0 saturated heterocycles. The van der Waals surface area contributed by atoms with Crippen molar-refractivity contribution in [1.82, 2.24) is 0 Å². The summed E-state index contributed by atoms with van der Waals surface area (Å²) in [6.45, 7) is 0.0223. The van der Waals surface area contributed by atoms with Crippen LogP contribution in [0.25, 0.3) is 0 Å². The first-order chi connectivity index (χ1) is 6.19. The number of halogens is 2. The van der Waals surface area contributed by atoms with Crippen molar-refractivity contribution >= 4 is 15.9 Å². The molecule has 0 aliphatic rings. The Labute approximate surface area is 84.5 Å². The van der Waals surface area contributed by atoms with Gasteiger partial charge in [0.1, 0.15) is 11.6 Å². The minimum Gasteiger partial charge on any atom is -0.496 e. The van der Waals surface area contributed by atoms with E-state index in [-0.39, 0.29) is 12.4 Å². The quantitative estimate of drug-likeness (QED) is 0.889. The van der Waals surface area contributed by atoms with Gasteiger partial charge < -0.3 is 9.84 Å². The van der Waals surface area contributed by atoms with Gasteiger partial charge in [0, 0.05) is 12.7 Å². The number of aliphatic hydroxyl groups excluding tert-OH is 1. The average molecular weight is 249 g/mol. The normalized spacial score (nSPS) is 10.2. The number of aliphatic hydroxyl groups is 1. The molecule has 0 atom stereocenters. The first-order valence-corrected chi connectivity index (χ1v) is 4.61. The second kappa shape index (κ2) is 4.58. The highest BCUT2D eigenvalue weighted by molar-refractivity contribution is 9.10. The lowest BCUT2D eigenvalue weighted by molar-refractivity contribution is 0.296. The van der Waals surface area contributed by atoms with Crippen LogP contribution >= 0.6 is 15.9 Å². The number of rotatable bonds is 3.